The Bertz CT molecular complexity index is 952. The first kappa shape index (κ1) is 17.6. The molecular weight excluding hydrogens is 357 g/mol. The lowest BCUT2D eigenvalue weighted by molar-refractivity contribution is -0.146. The molecule has 9 heteroatoms. The highest BCUT2D eigenvalue weighted by atomic mass is 19.4. The fourth-order valence-corrected chi connectivity index (χ4v) is 3.47. The van der Waals surface area contributed by atoms with Gasteiger partial charge in [0.05, 0.1) is 0 Å². The summed E-state index contributed by atoms with van der Waals surface area (Å²) < 4.78 is 39.6. The molecule has 0 aliphatic carbocycles. The van der Waals surface area contributed by atoms with E-state index in [0.29, 0.717) is 18.4 Å². The number of hydrogen-bond acceptors (Lipinski definition) is 5. The van der Waals surface area contributed by atoms with Crippen LogP contribution in [0.5, 0.6) is 0 Å². The molecule has 0 bridgehead atoms. The maximum Gasteiger partial charge on any atom is 0.453 e. The van der Waals surface area contributed by atoms with E-state index in [-0.39, 0.29) is 5.65 Å². The molecule has 0 saturated carbocycles. The topological polar surface area (TPSA) is 58.3 Å². The van der Waals surface area contributed by atoms with Gasteiger partial charge in [-0.15, -0.1) is 15.3 Å². The van der Waals surface area contributed by atoms with E-state index in [1.807, 2.05) is 12.1 Å². The summed E-state index contributed by atoms with van der Waals surface area (Å²) in [6.45, 7) is 3.47. The largest absolute Gasteiger partial charge is 0.453 e. The third kappa shape index (κ3) is 3.41. The molecule has 142 valence electrons. The van der Waals surface area contributed by atoms with Crippen LogP contribution in [-0.4, -0.2) is 38.9 Å². The molecule has 6 nitrogen and oxygen atoms in total. The average Bonchev–Trinajstić information content (AvgIpc) is 3.07. The Labute approximate surface area is 154 Å². The van der Waals surface area contributed by atoms with E-state index >= 15 is 0 Å². The zero-order valence-corrected chi connectivity index (χ0v) is 14.7. The van der Waals surface area contributed by atoms with Crippen molar-refractivity contribution in [1.29, 1.82) is 0 Å². The van der Waals surface area contributed by atoms with Crippen molar-refractivity contribution in [2.75, 3.05) is 23.3 Å². The average molecular weight is 376 g/mol. The van der Waals surface area contributed by atoms with Crippen molar-refractivity contribution in [3.05, 3.63) is 47.8 Å². The number of fused-ring (bicyclic) bond motifs is 2. The van der Waals surface area contributed by atoms with E-state index in [0.717, 1.165) is 23.9 Å². The van der Waals surface area contributed by atoms with Crippen LogP contribution < -0.4 is 10.2 Å². The second-order valence-electron chi connectivity index (χ2n) is 6.65. The van der Waals surface area contributed by atoms with Crippen molar-refractivity contribution in [1.82, 2.24) is 19.8 Å². The van der Waals surface area contributed by atoms with Crippen LogP contribution in [0, 0.1) is 0 Å². The van der Waals surface area contributed by atoms with Gasteiger partial charge in [0, 0.05) is 24.8 Å². The van der Waals surface area contributed by atoms with Gasteiger partial charge in [0.1, 0.15) is 5.82 Å². The molecule has 1 aliphatic heterocycles. The van der Waals surface area contributed by atoms with Crippen molar-refractivity contribution in [3.8, 4) is 0 Å². The molecule has 1 N–H and O–H groups in total. The first-order valence-electron chi connectivity index (χ1n) is 8.81. The van der Waals surface area contributed by atoms with Gasteiger partial charge in [0.2, 0.25) is 0 Å². The number of benzene rings is 1. The number of para-hydroxylation sites is 1. The number of anilines is 2. The predicted molar refractivity (Wildman–Crippen MR) is 95.8 cm³/mol. The molecule has 3 aromatic rings. The van der Waals surface area contributed by atoms with Crippen LogP contribution in [0.3, 0.4) is 0 Å². The molecule has 1 aliphatic rings. The quantitative estimate of drug-likeness (QED) is 0.756. The van der Waals surface area contributed by atoms with Gasteiger partial charge in [-0.3, -0.25) is 0 Å². The highest BCUT2D eigenvalue weighted by molar-refractivity contribution is 5.56. The minimum Gasteiger partial charge on any atom is -0.367 e. The molecule has 1 atom stereocenters. The third-order valence-electron chi connectivity index (χ3n) is 4.84. The molecule has 1 aromatic carbocycles. The van der Waals surface area contributed by atoms with Gasteiger partial charge < -0.3 is 10.2 Å². The van der Waals surface area contributed by atoms with Gasteiger partial charge >= 0.3 is 6.18 Å². The fourth-order valence-electron chi connectivity index (χ4n) is 3.47. The van der Waals surface area contributed by atoms with Crippen LogP contribution in [0.4, 0.5) is 24.7 Å². The Hall–Kier alpha value is -2.84. The lowest BCUT2D eigenvalue weighted by Crippen LogP contribution is -2.40. The highest BCUT2D eigenvalue weighted by Gasteiger charge is 2.37. The summed E-state index contributed by atoms with van der Waals surface area (Å²) in [6.07, 6.45) is -2.46. The zero-order valence-electron chi connectivity index (χ0n) is 14.7. The molecule has 27 heavy (non-hydrogen) atoms. The minimum absolute atomic E-state index is 0.0615. The number of halogens is 3. The molecule has 4 rings (SSSR count). The molecule has 1 unspecified atom stereocenters. The summed E-state index contributed by atoms with van der Waals surface area (Å²) in [5.74, 6) is -0.773. The van der Waals surface area contributed by atoms with Crippen LogP contribution >= 0.6 is 0 Å². The third-order valence-corrected chi connectivity index (χ3v) is 4.84. The summed E-state index contributed by atoms with van der Waals surface area (Å²) in [4.78, 5) is 2.32. The minimum atomic E-state index is -4.60. The van der Waals surface area contributed by atoms with Crippen LogP contribution in [0.25, 0.3) is 5.65 Å². The highest BCUT2D eigenvalue weighted by Crippen LogP contribution is 2.30. The summed E-state index contributed by atoms with van der Waals surface area (Å²) in [5.41, 5.74) is 2.61. The van der Waals surface area contributed by atoms with Crippen molar-refractivity contribution in [2.24, 2.45) is 0 Å². The number of nitrogens with one attached hydrogen (secondary N) is 1. The SMILES string of the molecule is CC1CCc2ccccc2N1CCNc1ccc2nnc(C(F)(F)F)n2n1. The lowest BCUT2D eigenvalue weighted by Gasteiger charge is -2.37. The summed E-state index contributed by atoms with van der Waals surface area (Å²) >= 11 is 0. The van der Waals surface area contributed by atoms with E-state index < -0.39 is 12.0 Å². The maximum atomic E-state index is 13.0. The summed E-state index contributed by atoms with van der Waals surface area (Å²) in [7, 11) is 0. The van der Waals surface area contributed by atoms with E-state index in [4.69, 9.17) is 0 Å². The second kappa shape index (κ2) is 6.71. The first-order chi connectivity index (χ1) is 12.9. The molecule has 2 aromatic heterocycles. The molecule has 0 spiro atoms. The van der Waals surface area contributed by atoms with Crippen LogP contribution in [0.15, 0.2) is 36.4 Å². The monoisotopic (exact) mass is 376 g/mol. The molecule has 0 saturated heterocycles. The van der Waals surface area contributed by atoms with Gasteiger partial charge in [0.25, 0.3) is 5.82 Å². The smallest absolute Gasteiger partial charge is 0.367 e. The summed E-state index contributed by atoms with van der Waals surface area (Å²) in [5, 5.41) is 13.8. The predicted octanol–water partition coefficient (Wildman–Crippen LogP) is 3.40. The number of aromatic nitrogens is 4. The van der Waals surface area contributed by atoms with E-state index in [1.54, 1.807) is 6.07 Å². The lowest BCUT2D eigenvalue weighted by atomic mass is 9.97. The molecule has 0 amide bonds. The normalized spacial score (nSPS) is 17.2. The Morgan fingerprint density at radius 2 is 1.96 bits per heavy atom. The van der Waals surface area contributed by atoms with Gasteiger partial charge in [-0.2, -0.15) is 17.7 Å². The Morgan fingerprint density at radius 1 is 1.15 bits per heavy atom. The fraction of sp³-hybridized carbons (Fsp3) is 0.389. The molecular formula is C18H19F3N6. The van der Waals surface area contributed by atoms with Crippen molar-refractivity contribution in [3.63, 3.8) is 0 Å². The Balaban J connectivity index is 1.48. The maximum absolute atomic E-state index is 13.0. The van der Waals surface area contributed by atoms with Crippen LogP contribution in [-0.2, 0) is 12.6 Å². The molecule has 3 heterocycles. The first-order valence-corrected chi connectivity index (χ1v) is 8.81. The van der Waals surface area contributed by atoms with Gasteiger partial charge in [-0.05, 0) is 43.5 Å². The van der Waals surface area contributed by atoms with Crippen molar-refractivity contribution < 1.29 is 13.2 Å². The van der Waals surface area contributed by atoms with Crippen molar-refractivity contribution >= 4 is 17.2 Å². The number of nitrogens with zero attached hydrogens (tertiary/aromatic N) is 5. The zero-order chi connectivity index (χ0) is 19.0. The summed E-state index contributed by atoms with van der Waals surface area (Å²) in [6, 6.07) is 11.8. The van der Waals surface area contributed by atoms with E-state index in [2.05, 4.69) is 44.6 Å². The van der Waals surface area contributed by atoms with Gasteiger partial charge in [-0.25, -0.2) is 0 Å². The Kier molecular flexibility index (Phi) is 4.37. The van der Waals surface area contributed by atoms with Gasteiger partial charge in [0.15, 0.2) is 5.65 Å². The number of hydrogen-bond donors (Lipinski definition) is 1. The second-order valence-corrected chi connectivity index (χ2v) is 6.65. The van der Waals surface area contributed by atoms with Crippen molar-refractivity contribution in [2.45, 2.75) is 32.0 Å². The molecule has 0 fully saturated rings. The van der Waals surface area contributed by atoms with Crippen LogP contribution in [0.1, 0.15) is 24.7 Å². The molecule has 0 radical (unpaired) electrons. The van der Waals surface area contributed by atoms with E-state index in [1.165, 1.54) is 17.3 Å². The van der Waals surface area contributed by atoms with Crippen LogP contribution in [0.2, 0.25) is 0 Å². The number of alkyl halides is 3. The Morgan fingerprint density at radius 3 is 2.78 bits per heavy atom. The van der Waals surface area contributed by atoms with E-state index in [9.17, 15) is 13.2 Å². The standard InChI is InChI=1S/C18H19F3N6/c1-12-6-7-13-4-2-3-5-14(13)26(12)11-10-22-15-8-9-16-23-24-17(18(19,20)21)27(16)25-15/h2-5,8-9,12H,6-7,10-11H2,1H3,(H,22,25). The number of aryl methyl sites for hydroxylation is 1. The number of rotatable bonds is 4. The van der Waals surface area contributed by atoms with Gasteiger partial charge in [-0.1, -0.05) is 18.2 Å².